The lowest BCUT2D eigenvalue weighted by Gasteiger charge is -2.34. The van der Waals surface area contributed by atoms with Crippen LogP contribution in [0.2, 0.25) is 0 Å². The molecule has 2 N–H and O–H groups in total. The summed E-state index contributed by atoms with van der Waals surface area (Å²) in [6, 6.07) is -0.00830. The first-order valence-corrected chi connectivity index (χ1v) is 4.93. The molecular weight excluding hydrogens is 193 g/mol. The first kappa shape index (κ1) is 11.8. The summed E-state index contributed by atoms with van der Waals surface area (Å²) in [5.41, 5.74) is 5.69. The quantitative estimate of drug-likeness (QED) is 0.750. The monoisotopic (exact) mass is 210 g/mol. The summed E-state index contributed by atoms with van der Waals surface area (Å²) in [4.78, 5) is 1.46. The molecule has 14 heavy (non-hydrogen) atoms. The van der Waals surface area contributed by atoms with E-state index in [1.165, 1.54) is 4.90 Å². The van der Waals surface area contributed by atoms with Gasteiger partial charge in [0.05, 0.1) is 6.54 Å². The average Bonchev–Trinajstić information content (AvgIpc) is 2.01. The van der Waals surface area contributed by atoms with E-state index in [4.69, 9.17) is 5.73 Å². The maximum absolute atomic E-state index is 12.1. The third-order valence-electron chi connectivity index (χ3n) is 2.69. The Labute approximate surface area is 82.2 Å². The van der Waals surface area contributed by atoms with E-state index in [-0.39, 0.29) is 12.0 Å². The van der Waals surface area contributed by atoms with Crippen LogP contribution in [0.15, 0.2) is 0 Å². The van der Waals surface area contributed by atoms with Crippen molar-refractivity contribution in [3.63, 3.8) is 0 Å². The fourth-order valence-corrected chi connectivity index (χ4v) is 1.92. The van der Waals surface area contributed by atoms with Gasteiger partial charge in [-0.15, -0.1) is 0 Å². The number of hydrogen-bond donors (Lipinski definition) is 1. The highest BCUT2D eigenvalue weighted by molar-refractivity contribution is 4.79. The Balaban J connectivity index is 2.40. The van der Waals surface area contributed by atoms with Crippen LogP contribution in [0.3, 0.4) is 0 Å². The minimum absolute atomic E-state index is 0.00830. The van der Waals surface area contributed by atoms with Crippen LogP contribution >= 0.6 is 0 Å². The zero-order valence-corrected chi connectivity index (χ0v) is 8.35. The molecule has 0 bridgehead atoms. The SMILES string of the molecule is CC(N)C1CCCN(CC(F)(F)F)C1. The first-order chi connectivity index (χ1) is 6.38. The predicted octanol–water partition coefficient (Wildman–Crippen LogP) is 1.61. The summed E-state index contributed by atoms with van der Waals surface area (Å²) in [7, 11) is 0. The molecule has 0 saturated carbocycles. The van der Waals surface area contributed by atoms with Gasteiger partial charge in [0.25, 0.3) is 0 Å². The minimum atomic E-state index is -4.08. The minimum Gasteiger partial charge on any atom is -0.328 e. The average molecular weight is 210 g/mol. The Morgan fingerprint density at radius 3 is 2.64 bits per heavy atom. The van der Waals surface area contributed by atoms with Gasteiger partial charge in [-0.1, -0.05) is 0 Å². The number of hydrogen-bond acceptors (Lipinski definition) is 2. The number of rotatable bonds is 2. The second-order valence-corrected chi connectivity index (χ2v) is 4.11. The van der Waals surface area contributed by atoms with Crippen molar-refractivity contribution in [2.75, 3.05) is 19.6 Å². The molecule has 0 aromatic heterocycles. The van der Waals surface area contributed by atoms with Gasteiger partial charge in [0.1, 0.15) is 0 Å². The lowest BCUT2D eigenvalue weighted by atomic mass is 9.92. The van der Waals surface area contributed by atoms with Crippen molar-refractivity contribution >= 4 is 0 Å². The zero-order chi connectivity index (χ0) is 10.8. The summed E-state index contributed by atoms with van der Waals surface area (Å²) in [6.07, 6.45) is -2.31. The molecule has 1 fully saturated rings. The molecule has 0 amide bonds. The highest BCUT2D eigenvalue weighted by Crippen LogP contribution is 2.23. The fraction of sp³-hybridized carbons (Fsp3) is 1.00. The number of alkyl halides is 3. The predicted molar refractivity (Wildman–Crippen MR) is 48.9 cm³/mol. The van der Waals surface area contributed by atoms with Crippen LogP contribution in [-0.2, 0) is 0 Å². The summed E-state index contributed by atoms with van der Waals surface area (Å²) in [5, 5.41) is 0. The maximum atomic E-state index is 12.1. The van der Waals surface area contributed by atoms with Gasteiger partial charge in [-0.2, -0.15) is 13.2 Å². The smallest absolute Gasteiger partial charge is 0.328 e. The molecule has 2 nitrogen and oxygen atoms in total. The first-order valence-electron chi connectivity index (χ1n) is 4.93. The zero-order valence-electron chi connectivity index (χ0n) is 8.35. The molecule has 1 saturated heterocycles. The Hall–Kier alpha value is -0.290. The van der Waals surface area contributed by atoms with Crippen molar-refractivity contribution < 1.29 is 13.2 Å². The van der Waals surface area contributed by atoms with E-state index in [9.17, 15) is 13.2 Å². The molecule has 0 aromatic carbocycles. The van der Waals surface area contributed by atoms with Gasteiger partial charge >= 0.3 is 6.18 Å². The highest BCUT2D eigenvalue weighted by atomic mass is 19.4. The van der Waals surface area contributed by atoms with Crippen molar-refractivity contribution in [1.82, 2.24) is 4.90 Å². The van der Waals surface area contributed by atoms with Gasteiger partial charge in [-0.25, -0.2) is 0 Å². The number of nitrogens with two attached hydrogens (primary N) is 1. The third kappa shape index (κ3) is 3.84. The van der Waals surface area contributed by atoms with Gasteiger partial charge < -0.3 is 5.73 Å². The van der Waals surface area contributed by atoms with E-state index in [1.54, 1.807) is 0 Å². The van der Waals surface area contributed by atoms with E-state index < -0.39 is 12.7 Å². The lowest BCUT2D eigenvalue weighted by Crippen LogP contribution is -2.45. The third-order valence-corrected chi connectivity index (χ3v) is 2.69. The molecule has 0 spiro atoms. The van der Waals surface area contributed by atoms with E-state index in [2.05, 4.69) is 0 Å². The van der Waals surface area contributed by atoms with E-state index >= 15 is 0 Å². The summed E-state index contributed by atoms with van der Waals surface area (Å²) < 4.78 is 36.3. The van der Waals surface area contributed by atoms with Crippen LogP contribution in [0.1, 0.15) is 19.8 Å². The van der Waals surface area contributed by atoms with Crippen LogP contribution in [0.5, 0.6) is 0 Å². The van der Waals surface area contributed by atoms with E-state index in [0.717, 1.165) is 12.8 Å². The Kier molecular flexibility index (Phi) is 3.78. The van der Waals surface area contributed by atoms with Crippen molar-refractivity contribution in [2.24, 2.45) is 11.7 Å². The lowest BCUT2D eigenvalue weighted by molar-refractivity contribution is -0.149. The molecule has 1 aliphatic rings. The molecule has 1 heterocycles. The van der Waals surface area contributed by atoms with Crippen LogP contribution < -0.4 is 5.73 Å². The molecular formula is C9H17F3N2. The Morgan fingerprint density at radius 2 is 2.14 bits per heavy atom. The maximum Gasteiger partial charge on any atom is 0.401 e. The normalized spacial score (nSPS) is 27.6. The van der Waals surface area contributed by atoms with Gasteiger partial charge in [0.15, 0.2) is 0 Å². The van der Waals surface area contributed by atoms with Crippen LogP contribution in [-0.4, -0.2) is 36.8 Å². The van der Waals surface area contributed by atoms with Crippen LogP contribution in [0, 0.1) is 5.92 Å². The van der Waals surface area contributed by atoms with Crippen molar-refractivity contribution in [1.29, 1.82) is 0 Å². The Morgan fingerprint density at radius 1 is 1.50 bits per heavy atom. The molecule has 0 radical (unpaired) electrons. The highest BCUT2D eigenvalue weighted by Gasteiger charge is 2.33. The topological polar surface area (TPSA) is 29.3 Å². The molecule has 5 heteroatoms. The molecule has 1 rings (SSSR count). The molecule has 0 aliphatic carbocycles. The molecule has 2 atom stereocenters. The number of nitrogens with zero attached hydrogens (tertiary/aromatic N) is 1. The van der Waals surface area contributed by atoms with Crippen molar-refractivity contribution in [2.45, 2.75) is 32.0 Å². The second-order valence-electron chi connectivity index (χ2n) is 4.11. The van der Waals surface area contributed by atoms with Crippen molar-refractivity contribution in [3.05, 3.63) is 0 Å². The van der Waals surface area contributed by atoms with Crippen molar-refractivity contribution in [3.8, 4) is 0 Å². The summed E-state index contributed by atoms with van der Waals surface area (Å²) >= 11 is 0. The van der Waals surface area contributed by atoms with Crippen LogP contribution in [0.25, 0.3) is 0 Å². The van der Waals surface area contributed by atoms with Gasteiger partial charge in [-0.05, 0) is 32.2 Å². The van der Waals surface area contributed by atoms with Gasteiger partial charge in [0, 0.05) is 12.6 Å². The Bertz CT molecular complexity index is 179. The molecule has 2 unspecified atom stereocenters. The molecule has 1 aliphatic heterocycles. The molecule has 84 valence electrons. The second kappa shape index (κ2) is 4.49. The number of likely N-dealkylation sites (tertiary alicyclic amines) is 1. The number of piperidine rings is 1. The van der Waals surface area contributed by atoms with E-state index in [1.807, 2.05) is 6.92 Å². The number of halogens is 3. The standard InChI is InChI=1S/C9H17F3N2/c1-7(13)8-3-2-4-14(5-8)6-9(10,11)12/h7-8H,2-6,13H2,1H3. The summed E-state index contributed by atoms with van der Waals surface area (Å²) in [6.45, 7) is 2.10. The van der Waals surface area contributed by atoms with Crippen LogP contribution in [0.4, 0.5) is 13.2 Å². The van der Waals surface area contributed by atoms with E-state index in [0.29, 0.717) is 13.1 Å². The van der Waals surface area contributed by atoms with Gasteiger partial charge in [-0.3, -0.25) is 4.90 Å². The summed E-state index contributed by atoms with van der Waals surface area (Å²) in [5.74, 6) is 0.214. The van der Waals surface area contributed by atoms with Gasteiger partial charge in [0.2, 0.25) is 0 Å². The fourth-order valence-electron chi connectivity index (χ4n) is 1.92. The largest absolute Gasteiger partial charge is 0.401 e. The molecule has 0 aromatic rings.